The molecular formula is C21H24. The smallest absolute Gasteiger partial charge is 0.00869 e. The molecule has 0 aromatic heterocycles. The van der Waals surface area contributed by atoms with Crippen molar-refractivity contribution in [3.05, 3.63) is 96.1 Å². The largest absolute Gasteiger partial charge is 0.0914 e. The van der Waals surface area contributed by atoms with Gasteiger partial charge in [0.2, 0.25) is 0 Å². The van der Waals surface area contributed by atoms with Crippen LogP contribution in [0.3, 0.4) is 0 Å². The third-order valence-corrected chi connectivity index (χ3v) is 3.69. The minimum Gasteiger partial charge on any atom is -0.0914 e. The molecule has 0 radical (unpaired) electrons. The third-order valence-electron chi connectivity index (χ3n) is 3.69. The van der Waals surface area contributed by atoms with E-state index in [9.17, 15) is 0 Å². The molecule has 21 heavy (non-hydrogen) atoms. The van der Waals surface area contributed by atoms with Crippen molar-refractivity contribution in [2.24, 2.45) is 0 Å². The van der Waals surface area contributed by atoms with E-state index in [4.69, 9.17) is 0 Å². The molecule has 0 bridgehead atoms. The number of rotatable bonds is 7. The zero-order valence-corrected chi connectivity index (χ0v) is 12.8. The molecule has 1 unspecified atom stereocenters. The van der Waals surface area contributed by atoms with Gasteiger partial charge >= 0.3 is 0 Å². The van der Waals surface area contributed by atoms with Crippen LogP contribution in [0.25, 0.3) is 0 Å². The maximum Gasteiger partial charge on any atom is -0.00869 e. The van der Waals surface area contributed by atoms with Crippen molar-refractivity contribution in [3.8, 4) is 0 Å². The summed E-state index contributed by atoms with van der Waals surface area (Å²) in [7, 11) is 0. The van der Waals surface area contributed by atoms with Crippen LogP contribution in [0, 0.1) is 0 Å². The Labute approximate surface area is 128 Å². The Morgan fingerprint density at radius 3 is 2.14 bits per heavy atom. The predicted molar refractivity (Wildman–Crippen MR) is 92.5 cm³/mol. The first-order valence-corrected chi connectivity index (χ1v) is 7.75. The predicted octanol–water partition coefficient (Wildman–Crippen LogP) is 5.93. The first-order valence-electron chi connectivity index (χ1n) is 7.75. The molecule has 0 aliphatic rings. The highest BCUT2D eigenvalue weighted by Gasteiger charge is 2.10. The average Bonchev–Trinajstić information content (AvgIpc) is 2.55. The molecule has 0 aliphatic carbocycles. The second kappa shape index (κ2) is 8.97. The van der Waals surface area contributed by atoms with E-state index in [1.165, 1.54) is 11.1 Å². The van der Waals surface area contributed by atoms with Gasteiger partial charge in [0.15, 0.2) is 0 Å². The molecule has 0 amide bonds. The molecule has 108 valence electrons. The molecule has 1 atom stereocenters. The summed E-state index contributed by atoms with van der Waals surface area (Å²) >= 11 is 0. The average molecular weight is 276 g/mol. The van der Waals surface area contributed by atoms with Crippen LogP contribution in [0.2, 0.25) is 0 Å². The van der Waals surface area contributed by atoms with E-state index in [2.05, 4.69) is 91.9 Å². The van der Waals surface area contributed by atoms with Crippen LogP contribution in [0.4, 0.5) is 0 Å². The van der Waals surface area contributed by atoms with Gasteiger partial charge in [0.25, 0.3) is 0 Å². The van der Waals surface area contributed by atoms with Crippen LogP contribution in [0.5, 0.6) is 0 Å². The van der Waals surface area contributed by atoms with Crippen molar-refractivity contribution in [1.82, 2.24) is 0 Å². The molecule has 0 fully saturated rings. The Bertz CT molecular complexity index is 549. The molecule has 2 aromatic rings. The minimum atomic E-state index is 0.551. The molecule has 0 N–H and O–H groups in total. The number of hydrogen-bond acceptors (Lipinski definition) is 0. The highest BCUT2D eigenvalue weighted by molar-refractivity contribution is 5.25. The van der Waals surface area contributed by atoms with Crippen LogP contribution in [-0.2, 0) is 6.42 Å². The summed E-state index contributed by atoms with van der Waals surface area (Å²) in [6.45, 7) is 2.07. The summed E-state index contributed by atoms with van der Waals surface area (Å²) < 4.78 is 0. The molecule has 2 aromatic carbocycles. The van der Waals surface area contributed by atoms with Crippen molar-refractivity contribution < 1.29 is 0 Å². The van der Waals surface area contributed by atoms with Gasteiger partial charge in [0.1, 0.15) is 0 Å². The van der Waals surface area contributed by atoms with Crippen molar-refractivity contribution in [1.29, 1.82) is 0 Å². The van der Waals surface area contributed by atoms with Crippen molar-refractivity contribution in [2.75, 3.05) is 0 Å². The molecule has 0 heterocycles. The van der Waals surface area contributed by atoms with Gasteiger partial charge in [-0.3, -0.25) is 0 Å². The Morgan fingerprint density at radius 1 is 0.810 bits per heavy atom. The SMILES string of the molecule is C/C=C\C/C=C\CC(Cc1ccccc1)c1ccccc1. The van der Waals surface area contributed by atoms with E-state index >= 15 is 0 Å². The van der Waals surface area contributed by atoms with Gasteiger partial charge in [0, 0.05) is 0 Å². The van der Waals surface area contributed by atoms with Crippen molar-refractivity contribution in [3.63, 3.8) is 0 Å². The first kappa shape index (κ1) is 15.3. The summed E-state index contributed by atoms with van der Waals surface area (Å²) in [4.78, 5) is 0. The Morgan fingerprint density at radius 2 is 1.48 bits per heavy atom. The lowest BCUT2D eigenvalue weighted by Crippen LogP contribution is -2.02. The molecule has 2 rings (SSSR count). The van der Waals surface area contributed by atoms with E-state index in [0.29, 0.717) is 5.92 Å². The molecule has 0 aliphatic heterocycles. The van der Waals surface area contributed by atoms with E-state index in [1.54, 1.807) is 0 Å². The summed E-state index contributed by atoms with van der Waals surface area (Å²) in [5.41, 5.74) is 2.84. The van der Waals surface area contributed by atoms with E-state index in [0.717, 1.165) is 19.3 Å². The third kappa shape index (κ3) is 5.43. The summed E-state index contributed by atoms with van der Waals surface area (Å²) in [6.07, 6.45) is 12.1. The van der Waals surface area contributed by atoms with E-state index in [-0.39, 0.29) is 0 Å². The highest BCUT2D eigenvalue weighted by atomic mass is 14.1. The molecule has 0 saturated carbocycles. The van der Waals surface area contributed by atoms with Crippen molar-refractivity contribution >= 4 is 0 Å². The Kier molecular flexibility index (Phi) is 6.54. The summed E-state index contributed by atoms with van der Waals surface area (Å²) in [5.74, 6) is 0.551. The van der Waals surface area contributed by atoms with Gasteiger partial charge in [-0.25, -0.2) is 0 Å². The number of benzene rings is 2. The van der Waals surface area contributed by atoms with Gasteiger partial charge in [-0.15, -0.1) is 0 Å². The Hall–Kier alpha value is -2.08. The summed E-state index contributed by atoms with van der Waals surface area (Å²) in [5, 5.41) is 0. The van der Waals surface area contributed by atoms with Crippen LogP contribution in [0.15, 0.2) is 85.0 Å². The van der Waals surface area contributed by atoms with Gasteiger partial charge in [-0.05, 0) is 43.2 Å². The second-order valence-electron chi connectivity index (χ2n) is 5.31. The standard InChI is InChI=1S/C21H24/c1-2-3-4-5-10-17-21(20-15-11-7-12-16-20)18-19-13-8-6-9-14-19/h2-3,5-16,21H,4,17-18H2,1H3/b3-2-,10-5-. The van der Waals surface area contributed by atoms with E-state index in [1.807, 2.05) is 0 Å². The number of hydrogen-bond donors (Lipinski definition) is 0. The molecule has 0 saturated heterocycles. The lowest BCUT2D eigenvalue weighted by atomic mass is 9.89. The monoisotopic (exact) mass is 276 g/mol. The molecule has 0 nitrogen and oxygen atoms in total. The fraction of sp³-hybridized carbons (Fsp3) is 0.238. The van der Waals surface area contributed by atoms with Crippen LogP contribution < -0.4 is 0 Å². The fourth-order valence-corrected chi connectivity index (χ4v) is 2.53. The van der Waals surface area contributed by atoms with Gasteiger partial charge in [-0.1, -0.05) is 85.0 Å². The van der Waals surface area contributed by atoms with E-state index < -0.39 is 0 Å². The van der Waals surface area contributed by atoms with Crippen LogP contribution in [-0.4, -0.2) is 0 Å². The lowest BCUT2D eigenvalue weighted by Gasteiger charge is -2.16. The lowest BCUT2D eigenvalue weighted by molar-refractivity contribution is 0.694. The Balaban J connectivity index is 2.06. The maximum absolute atomic E-state index is 2.32. The number of allylic oxidation sites excluding steroid dienone is 4. The maximum atomic E-state index is 2.32. The van der Waals surface area contributed by atoms with Gasteiger partial charge in [0.05, 0.1) is 0 Å². The quantitative estimate of drug-likeness (QED) is 0.550. The fourth-order valence-electron chi connectivity index (χ4n) is 2.53. The zero-order chi connectivity index (χ0) is 14.8. The first-order chi connectivity index (χ1) is 10.4. The van der Waals surface area contributed by atoms with Crippen LogP contribution >= 0.6 is 0 Å². The normalized spacial score (nSPS) is 13.0. The van der Waals surface area contributed by atoms with Crippen LogP contribution in [0.1, 0.15) is 36.8 Å². The zero-order valence-electron chi connectivity index (χ0n) is 12.8. The van der Waals surface area contributed by atoms with Gasteiger partial charge in [-0.2, -0.15) is 0 Å². The summed E-state index contributed by atoms with van der Waals surface area (Å²) in [6, 6.07) is 21.6. The topological polar surface area (TPSA) is 0 Å². The van der Waals surface area contributed by atoms with Gasteiger partial charge < -0.3 is 0 Å². The van der Waals surface area contributed by atoms with Crippen molar-refractivity contribution in [2.45, 2.75) is 32.1 Å². The highest BCUT2D eigenvalue weighted by Crippen LogP contribution is 2.24. The minimum absolute atomic E-state index is 0.551. The second-order valence-corrected chi connectivity index (χ2v) is 5.31. The molecular weight excluding hydrogens is 252 g/mol. The molecule has 0 heteroatoms. The molecule has 0 spiro atoms.